The maximum atomic E-state index is 12.8. The van der Waals surface area contributed by atoms with Crippen molar-refractivity contribution in [1.82, 2.24) is 5.32 Å². The molecule has 0 aromatic carbocycles. The van der Waals surface area contributed by atoms with Crippen molar-refractivity contribution >= 4 is 11.9 Å². The number of hydrogen-bond acceptors (Lipinski definition) is 6. The van der Waals surface area contributed by atoms with Crippen molar-refractivity contribution in [3.63, 3.8) is 0 Å². The van der Waals surface area contributed by atoms with Crippen molar-refractivity contribution in [2.45, 2.75) is 71.8 Å². The molecule has 0 bridgehead atoms. The molecule has 0 unspecified atom stereocenters. The van der Waals surface area contributed by atoms with Crippen LogP contribution in [-0.2, 0) is 32.0 Å². The lowest BCUT2D eigenvalue weighted by Crippen LogP contribution is -2.53. The maximum Gasteiger partial charge on any atom is 0.311 e. The molecule has 0 amide bonds. The van der Waals surface area contributed by atoms with E-state index in [1.807, 2.05) is 6.07 Å². The van der Waals surface area contributed by atoms with Crippen LogP contribution in [0.15, 0.2) is 28.9 Å². The fourth-order valence-corrected chi connectivity index (χ4v) is 6.50. The Kier molecular flexibility index (Phi) is 7.86. The van der Waals surface area contributed by atoms with Crippen LogP contribution in [0.2, 0.25) is 0 Å². The Bertz CT molecular complexity index is 830. The largest absolute Gasteiger partial charge is 0.469 e. The summed E-state index contributed by atoms with van der Waals surface area (Å²) in [4.78, 5) is 24.0. The van der Waals surface area contributed by atoms with Crippen LogP contribution < -0.4 is 5.32 Å². The standard InChI is InChI=1S/C26H39NO5/c1-18-7-10-22-25(2,13-6-14-26(22,3)24(29)31-5)20(18)9-8-19-12-16-32-21(19)17-27-15-11-23(28)30-4/h12,16,20,22,27H,1,6-11,13-15,17H2,2-5H3/t20-,22+,25+,26-/m0/s1. The number of rotatable bonds is 9. The minimum absolute atomic E-state index is 0.0547. The monoisotopic (exact) mass is 445 g/mol. The summed E-state index contributed by atoms with van der Waals surface area (Å²) in [6.45, 7) is 10.1. The summed E-state index contributed by atoms with van der Waals surface area (Å²) in [5.74, 6) is 1.33. The second-order valence-corrected chi connectivity index (χ2v) is 9.98. The predicted octanol–water partition coefficient (Wildman–Crippen LogP) is 4.82. The van der Waals surface area contributed by atoms with Gasteiger partial charge >= 0.3 is 11.9 Å². The molecule has 1 aromatic heterocycles. The van der Waals surface area contributed by atoms with Gasteiger partial charge in [0.05, 0.1) is 38.9 Å². The zero-order valence-electron chi connectivity index (χ0n) is 20.1. The number of allylic oxidation sites excluding steroid dienone is 1. The molecular weight excluding hydrogens is 406 g/mol. The molecule has 178 valence electrons. The van der Waals surface area contributed by atoms with Gasteiger partial charge in [-0.1, -0.05) is 25.5 Å². The number of methoxy groups -OCH3 is 2. The molecule has 1 aromatic rings. The van der Waals surface area contributed by atoms with Crippen LogP contribution >= 0.6 is 0 Å². The number of ether oxygens (including phenoxy) is 2. The van der Waals surface area contributed by atoms with Gasteiger partial charge in [0.25, 0.3) is 0 Å². The van der Waals surface area contributed by atoms with Crippen molar-refractivity contribution in [3.8, 4) is 0 Å². The minimum Gasteiger partial charge on any atom is -0.469 e. The van der Waals surface area contributed by atoms with E-state index in [2.05, 4.69) is 30.5 Å². The normalized spacial score (nSPS) is 29.9. The van der Waals surface area contributed by atoms with E-state index in [4.69, 9.17) is 9.15 Å². The van der Waals surface area contributed by atoms with Gasteiger partial charge in [0.15, 0.2) is 0 Å². The van der Waals surface area contributed by atoms with E-state index in [1.165, 1.54) is 25.4 Å². The first-order valence-electron chi connectivity index (χ1n) is 11.8. The maximum absolute atomic E-state index is 12.8. The molecule has 1 heterocycles. The molecule has 1 N–H and O–H groups in total. The summed E-state index contributed by atoms with van der Waals surface area (Å²) in [5, 5.41) is 3.26. The minimum atomic E-state index is -0.412. The van der Waals surface area contributed by atoms with Crippen molar-refractivity contribution < 1.29 is 23.5 Å². The van der Waals surface area contributed by atoms with E-state index in [0.29, 0.717) is 31.3 Å². The second kappa shape index (κ2) is 10.2. The SMILES string of the molecule is C=C1CC[C@@H]2[C@](C)(CCC[C@]2(C)C(=O)OC)[C@H]1CCc1ccoc1CNCCC(=O)OC. The van der Waals surface area contributed by atoms with Crippen molar-refractivity contribution in [1.29, 1.82) is 0 Å². The van der Waals surface area contributed by atoms with Gasteiger partial charge in [0.2, 0.25) is 0 Å². The molecular formula is C26H39NO5. The van der Waals surface area contributed by atoms with Gasteiger partial charge in [0, 0.05) is 6.54 Å². The lowest BCUT2D eigenvalue weighted by molar-refractivity contribution is -0.168. The smallest absolute Gasteiger partial charge is 0.311 e. The van der Waals surface area contributed by atoms with Crippen LogP contribution in [0.5, 0.6) is 0 Å². The van der Waals surface area contributed by atoms with E-state index in [9.17, 15) is 9.59 Å². The first kappa shape index (κ1) is 24.6. The number of aryl methyl sites for hydroxylation is 1. The molecule has 6 heteroatoms. The topological polar surface area (TPSA) is 77.8 Å². The summed E-state index contributed by atoms with van der Waals surface area (Å²) in [6, 6.07) is 2.04. The lowest BCUT2D eigenvalue weighted by atomic mass is 9.46. The predicted molar refractivity (Wildman–Crippen MR) is 123 cm³/mol. The highest BCUT2D eigenvalue weighted by atomic mass is 16.5. The Balaban J connectivity index is 1.67. The first-order valence-corrected chi connectivity index (χ1v) is 11.8. The Morgan fingerprint density at radius 1 is 1.25 bits per heavy atom. The third-order valence-corrected chi connectivity index (χ3v) is 8.23. The highest BCUT2D eigenvalue weighted by Gasteiger charge is 2.57. The van der Waals surface area contributed by atoms with Gasteiger partial charge in [-0.15, -0.1) is 0 Å². The lowest BCUT2D eigenvalue weighted by Gasteiger charge is -2.57. The Labute approximate surface area is 192 Å². The Morgan fingerprint density at radius 2 is 2.03 bits per heavy atom. The summed E-state index contributed by atoms with van der Waals surface area (Å²) in [5.41, 5.74) is 2.16. The third kappa shape index (κ3) is 4.80. The molecule has 0 spiro atoms. The number of furan rings is 1. The molecule has 4 atom stereocenters. The summed E-state index contributed by atoms with van der Waals surface area (Å²) >= 11 is 0. The van der Waals surface area contributed by atoms with Gasteiger partial charge in [-0.25, -0.2) is 0 Å². The average Bonchev–Trinajstić information content (AvgIpc) is 3.22. The van der Waals surface area contributed by atoms with Gasteiger partial charge in [-0.3, -0.25) is 9.59 Å². The summed E-state index contributed by atoms with van der Waals surface area (Å²) in [7, 11) is 2.91. The van der Waals surface area contributed by atoms with E-state index >= 15 is 0 Å². The number of carbonyl (C=O) groups excluding carboxylic acids is 2. The highest BCUT2D eigenvalue weighted by molar-refractivity contribution is 5.77. The highest BCUT2D eigenvalue weighted by Crippen LogP contribution is 2.62. The molecule has 0 radical (unpaired) electrons. The fourth-order valence-electron chi connectivity index (χ4n) is 6.50. The van der Waals surface area contributed by atoms with Crippen LogP contribution in [0.3, 0.4) is 0 Å². The molecule has 0 saturated heterocycles. The van der Waals surface area contributed by atoms with Crippen LogP contribution in [0.1, 0.15) is 70.1 Å². The second-order valence-electron chi connectivity index (χ2n) is 9.98. The quantitative estimate of drug-likeness (QED) is 0.334. The van der Waals surface area contributed by atoms with Gasteiger partial charge < -0.3 is 19.2 Å². The zero-order valence-corrected chi connectivity index (χ0v) is 20.1. The van der Waals surface area contributed by atoms with E-state index < -0.39 is 5.41 Å². The molecule has 2 aliphatic rings. The zero-order chi connectivity index (χ0) is 23.4. The fraction of sp³-hybridized carbons (Fsp3) is 0.692. The number of hydrogen-bond donors (Lipinski definition) is 1. The van der Waals surface area contributed by atoms with Crippen molar-refractivity contribution in [2.75, 3.05) is 20.8 Å². The summed E-state index contributed by atoms with van der Waals surface area (Å²) in [6.07, 6.45) is 9.05. The number of carbonyl (C=O) groups is 2. The molecule has 2 aliphatic carbocycles. The van der Waals surface area contributed by atoms with Crippen LogP contribution in [0.25, 0.3) is 0 Å². The Hall–Kier alpha value is -2.08. The molecule has 2 fully saturated rings. The van der Waals surface area contributed by atoms with Crippen LogP contribution in [0, 0.1) is 22.7 Å². The van der Waals surface area contributed by atoms with Crippen LogP contribution in [-0.4, -0.2) is 32.7 Å². The molecule has 0 aliphatic heterocycles. The molecule has 3 rings (SSSR count). The Morgan fingerprint density at radius 3 is 2.75 bits per heavy atom. The first-order chi connectivity index (χ1) is 15.3. The summed E-state index contributed by atoms with van der Waals surface area (Å²) < 4.78 is 15.6. The molecule has 32 heavy (non-hydrogen) atoms. The van der Waals surface area contributed by atoms with E-state index in [-0.39, 0.29) is 17.4 Å². The van der Waals surface area contributed by atoms with Crippen molar-refractivity contribution in [2.24, 2.45) is 22.7 Å². The molecule has 2 saturated carbocycles. The van der Waals surface area contributed by atoms with Crippen LogP contribution in [0.4, 0.5) is 0 Å². The average molecular weight is 446 g/mol. The number of esters is 2. The number of fused-ring (bicyclic) bond motifs is 1. The number of nitrogens with one attached hydrogen (secondary N) is 1. The van der Waals surface area contributed by atoms with E-state index in [0.717, 1.165) is 50.7 Å². The van der Waals surface area contributed by atoms with Gasteiger partial charge in [0.1, 0.15) is 5.76 Å². The van der Waals surface area contributed by atoms with E-state index in [1.54, 1.807) is 6.26 Å². The third-order valence-electron chi connectivity index (χ3n) is 8.23. The molecule has 6 nitrogen and oxygen atoms in total. The van der Waals surface area contributed by atoms with Crippen molar-refractivity contribution in [3.05, 3.63) is 35.8 Å². The van der Waals surface area contributed by atoms with Gasteiger partial charge in [-0.05, 0) is 74.3 Å². The van der Waals surface area contributed by atoms with Gasteiger partial charge in [-0.2, -0.15) is 0 Å².